The molecule has 0 heterocycles. The van der Waals surface area contributed by atoms with Gasteiger partial charge in [-0.2, -0.15) is 0 Å². The van der Waals surface area contributed by atoms with Gasteiger partial charge in [0.15, 0.2) is 0 Å². The van der Waals surface area contributed by atoms with Gasteiger partial charge in [-0.1, -0.05) is 62.4 Å². The number of aliphatic hydroxyl groups is 1. The third-order valence-corrected chi connectivity index (χ3v) is 3.89. The van der Waals surface area contributed by atoms with E-state index in [9.17, 15) is 5.11 Å². The van der Waals surface area contributed by atoms with Crippen LogP contribution in [0.3, 0.4) is 0 Å². The smallest absolute Gasteiger partial charge is 0.0465 e. The van der Waals surface area contributed by atoms with Gasteiger partial charge in [0.1, 0.15) is 0 Å². The zero-order valence-electron chi connectivity index (χ0n) is 9.94. The molecule has 1 saturated carbocycles. The first-order valence-corrected chi connectivity index (χ1v) is 6.55. The van der Waals surface area contributed by atoms with Crippen molar-refractivity contribution in [1.29, 1.82) is 0 Å². The van der Waals surface area contributed by atoms with E-state index in [0.29, 0.717) is 12.5 Å². The van der Waals surface area contributed by atoms with Gasteiger partial charge in [-0.05, 0) is 23.8 Å². The molecule has 1 atom stereocenters. The van der Waals surface area contributed by atoms with Crippen molar-refractivity contribution in [2.24, 2.45) is 11.8 Å². The van der Waals surface area contributed by atoms with E-state index in [1.165, 1.54) is 37.7 Å². The molecule has 0 bridgehead atoms. The zero-order chi connectivity index (χ0) is 11.2. The van der Waals surface area contributed by atoms with Crippen LogP contribution in [0.15, 0.2) is 30.3 Å². The highest BCUT2D eigenvalue weighted by Crippen LogP contribution is 2.31. The van der Waals surface area contributed by atoms with Crippen molar-refractivity contribution in [2.75, 3.05) is 6.61 Å². The summed E-state index contributed by atoms with van der Waals surface area (Å²) in [5, 5.41) is 9.54. The van der Waals surface area contributed by atoms with E-state index in [0.717, 1.165) is 12.3 Å². The number of aliphatic hydroxyl groups excluding tert-OH is 1. The second-order valence-electron chi connectivity index (χ2n) is 5.03. The molecule has 88 valence electrons. The van der Waals surface area contributed by atoms with Crippen molar-refractivity contribution >= 4 is 0 Å². The van der Waals surface area contributed by atoms with E-state index in [4.69, 9.17) is 0 Å². The molecule has 1 aliphatic rings. The standard InChI is InChI=1S/C15H22O/c16-12-15(14-9-5-2-6-10-14)11-13-7-3-1-4-8-13/h1,3-4,7-8,14-16H,2,5-6,9-12H2. The Morgan fingerprint density at radius 1 is 1.06 bits per heavy atom. The molecule has 0 spiro atoms. The summed E-state index contributed by atoms with van der Waals surface area (Å²) in [5.74, 6) is 1.22. The summed E-state index contributed by atoms with van der Waals surface area (Å²) in [5.41, 5.74) is 1.37. The molecule has 0 aromatic heterocycles. The van der Waals surface area contributed by atoms with Crippen molar-refractivity contribution in [3.63, 3.8) is 0 Å². The molecule has 1 aromatic carbocycles. The van der Waals surface area contributed by atoms with Crippen LogP contribution in [0.1, 0.15) is 37.7 Å². The lowest BCUT2D eigenvalue weighted by molar-refractivity contribution is 0.147. The van der Waals surface area contributed by atoms with Gasteiger partial charge in [-0.3, -0.25) is 0 Å². The van der Waals surface area contributed by atoms with Crippen LogP contribution in [0, 0.1) is 11.8 Å². The molecule has 0 saturated heterocycles. The molecule has 2 rings (SSSR count). The topological polar surface area (TPSA) is 20.2 Å². The predicted molar refractivity (Wildman–Crippen MR) is 67.3 cm³/mol. The van der Waals surface area contributed by atoms with E-state index < -0.39 is 0 Å². The maximum atomic E-state index is 9.54. The normalized spacial score (nSPS) is 19.6. The summed E-state index contributed by atoms with van der Waals surface area (Å²) in [6, 6.07) is 10.6. The fraction of sp³-hybridized carbons (Fsp3) is 0.600. The molecular weight excluding hydrogens is 196 g/mol. The second kappa shape index (κ2) is 6.05. The van der Waals surface area contributed by atoms with Crippen molar-refractivity contribution < 1.29 is 5.11 Å². The van der Waals surface area contributed by atoms with Gasteiger partial charge in [0.25, 0.3) is 0 Å². The predicted octanol–water partition coefficient (Wildman–Crippen LogP) is 3.42. The first-order valence-electron chi connectivity index (χ1n) is 6.55. The maximum absolute atomic E-state index is 9.54. The minimum Gasteiger partial charge on any atom is -0.396 e. The summed E-state index contributed by atoms with van der Waals surface area (Å²) >= 11 is 0. The number of hydrogen-bond donors (Lipinski definition) is 1. The van der Waals surface area contributed by atoms with E-state index >= 15 is 0 Å². The van der Waals surface area contributed by atoms with Crippen LogP contribution in [0.2, 0.25) is 0 Å². The lowest BCUT2D eigenvalue weighted by Crippen LogP contribution is -2.23. The first-order chi connectivity index (χ1) is 7.90. The number of rotatable bonds is 4. The van der Waals surface area contributed by atoms with Crippen molar-refractivity contribution in [3.05, 3.63) is 35.9 Å². The molecule has 0 radical (unpaired) electrons. The molecule has 1 heteroatoms. The minimum atomic E-state index is 0.347. The summed E-state index contributed by atoms with van der Waals surface area (Å²) in [6.07, 6.45) is 7.78. The summed E-state index contributed by atoms with van der Waals surface area (Å²) in [7, 11) is 0. The average molecular weight is 218 g/mol. The van der Waals surface area contributed by atoms with Gasteiger partial charge in [0.2, 0.25) is 0 Å². The molecule has 1 nitrogen and oxygen atoms in total. The third-order valence-electron chi connectivity index (χ3n) is 3.89. The Balaban J connectivity index is 1.94. The molecule has 1 N–H and O–H groups in total. The van der Waals surface area contributed by atoms with Crippen LogP contribution in [-0.2, 0) is 6.42 Å². The lowest BCUT2D eigenvalue weighted by atomic mass is 9.78. The highest BCUT2D eigenvalue weighted by molar-refractivity contribution is 5.15. The fourth-order valence-electron chi connectivity index (χ4n) is 2.90. The van der Waals surface area contributed by atoms with Crippen LogP contribution >= 0.6 is 0 Å². The molecule has 1 aromatic rings. The average Bonchev–Trinajstić information content (AvgIpc) is 2.38. The molecule has 1 unspecified atom stereocenters. The molecule has 0 aliphatic heterocycles. The van der Waals surface area contributed by atoms with Gasteiger partial charge in [0.05, 0.1) is 0 Å². The Labute approximate surface area is 98.5 Å². The Morgan fingerprint density at radius 2 is 1.75 bits per heavy atom. The molecule has 0 amide bonds. The lowest BCUT2D eigenvalue weighted by Gasteiger charge is -2.29. The van der Waals surface area contributed by atoms with Crippen LogP contribution in [0.4, 0.5) is 0 Å². The Hall–Kier alpha value is -0.820. The highest BCUT2D eigenvalue weighted by atomic mass is 16.3. The fourth-order valence-corrected chi connectivity index (χ4v) is 2.90. The number of hydrogen-bond acceptors (Lipinski definition) is 1. The van der Waals surface area contributed by atoms with E-state index in [1.54, 1.807) is 0 Å². The van der Waals surface area contributed by atoms with Crippen molar-refractivity contribution in [2.45, 2.75) is 38.5 Å². The van der Waals surface area contributed by atoms with Gasteiger partial charge in [-0.25, -0.2) is 0 Å². The van der Waals surface area contributed by atoms with Gasteiger partial charge in [0, 0.05) is 6.61 Å². The SMILES string of the molecule is OCC(Cc1ccccc1)C1CCCCC1. The molecule has 16 heavy (non-hydrogen) atoms. The molecule has 1 aliphatic carbocycles. The highest BCUT2D eigenvalue weighted by Gasteiger charge is 2.22. The summed E-state index contributed by atoms with van der Waals surface area (Å²) < 4.78 is 0. The zero-order valence-corrected chi connectivity index (χ0v) is 9.94. The van der Waals surface area contributed by atoms with E-state index in [1.807, 2.05) is 0 Å². The van der Waals surface area contributed by atoms with Gasteiger partial charge >= 0.3 is 0 Å². The second-order valence-corrected chi connectivity index (χ2v) is 5.03. The molecular formula is C15H22O. The Bertz CT molecular complexity index is 288. The van der Waals surface area contributed by atoms with Crippen LogP contribution in [-0.4, -0.2) is 11.7 Å². The summed E-state index contributed by atoms with van der Waals surface area (Å²) in [6.45, 7) is 0.347. The van der Waals surface area contributed by atoms with Crippen LogP contribution in [0.5, 0.6) is 0 Å². The first kappa shape index (κ1) is 11.7. The Kier molecular flexibility index (Phi) is 4.41. The third kappa shape index (κ3) is 3.08. The summed E-state index contributed by atoms with van der Waals surface area (Å²) in [4.78, 5) is 0. The minimum absolute atomic E-state index is 0.347. The van der Waals surface area contributed by atoms with Gasteiger partial charge in [-0.15, -0.1) is 0 Å². The Morgan fingerprint density at radius 3 is 2.38 bits per heavy atom. The monoisotopic (exact) mass is 218 g/mol. The quantitative estimate of drug-likeness (QED) is 0.821. The van der Waals surface area contributed by atoms with Crippen molar-refractivity contribution in [3.8, 4) is 0 Å². The van der Waals surface area contributed by atoms with Crippen LogP contribution < -0.4 is 0 Å². The largest absolute Gasteiger partial charge is 0.396 e. The maximum Gasteiger partial charge on any atom is 0.0465 e. The van der Waals surface area contributed by atoms with Crippen molar-refractivity contribution in [1.82, 2.24) is 0 Å². The molecule has 1 fully saturated rings. The van der Waals surface area contributed by atoms with E-state index in [-0.39, 0.29) is 0 Å². The van der Waals surface area contributed by atoms with Gasteiger partial charge < -0.3 is 5.11 Å². The number of benzene rings is 1. The van der Waals surface area contributed by atoms with E-state index in [2.05, 4.69) is 30.3 Å². The van der Waals surface area contributed by atoms with Crippen LogP contribution in [0.25, 0.3) is 0 Å².